The number of ether oxygens (including phenoxy) is 1. The molecule has 1 saturated heterocycles. The van der Waals surface area contributed by atoms with Gasteiger partial charge in [-0.3, -0.25) is 4.79 Å². The summed E-state index contributed by atoms with van der Waals surface area (Å²) in [6, 6.07) is 13.8. The van der Waals surface area contributed by atoms with Gasteiger partial charge in [0.2, 0.25) is 5.91 Å². The van der Waals surface area contributed by atoms with Crippen molar-refractivity contribution in [1.82, 2.24) is 10.3 Å². The topological polar surface area (TPSA) is 87.8 Å². The number of piperidine rings is 1. The molecule has 2 heterocycles. The summed E-state index contributed by atoms with van der Waals surface area (Å²) in [5.74, 6) is 1.07. The number of fused-ring (bicyclic) bond motifs is 1. The van der Waals surface area contributed by atoms with E-state index in [0.717, 1.165) is 53.9 Å². The molecule has 1 atom stereocenters. The smallest absolute Gasteiger partial charge is 0.298 e. The molecule has 7 nitrogen and oxygen atoms in total. The van der Waals surface area contributed by atoms with Crippen molar-refractivity contribution >= 4 is 23.0 Å². The monoisotopic (exact) mass is 409 g/mol. The van der Waals surface area contributed by atoms with Gasteiger partial charge in [-0.1, -0.05) is 24.3 Å². The highest BCUT2D eigenvalue weighted by Crippen LogP contribution is 2.29. The van der Waals surface area contributed by atoms with Crippen LogP contribution in [-0.2, 0) is 17.9 Å². The Kier molecular flexibility index (Phi) is 6.18. The van der Waals surface area contributed by atoms with Crippen molar-refractivity contribution in [2.45, 2.75) is 32.4 Å². The number of aliphatic hydroxyl groups is 1. The lowest BCUT2D eigenvalue weighted by molar-refractivity contribution is -0.122. The zero-order valence-corrected chi connectivity index (χ0v) is 17.1. The normalized spacial score (nSPS) is 16.6. The van der Waals surface area contributed by atoms with Crippen molar-refractivity contribution < 1.29 is 19.1 Å². The van der Waals surface area contributed by atoms with Crippen LogP contribution in [0.1, 0.15) is 30.4 Å². The van der Waals surface area contributed by atoms with E-state index in [0.29, 0.717) is 19.0 Å². The Morgan fingerprint density at radius 2 is 2.07 bits per heavy atom. The molecule has 1 fully saturated rings. The average molecular weight is 409 g/mol. The van der Waals surface area contributed by atoms with Crippen molar-refractivity contribution in [2.75, 3.05) is 25.1 Å². The number of methoxy groups -OCH3 is 1. The van der Waals surface area contributed by atoms with Gasteiger partial charge >= 0.3 is 0 Å². The summed E-state index contributed by atoms with van der Waals surface area (Å²) in [6.45, 7) is 2.15. The van der Waals surface area contributed by atoms with Crippen molar-refractivity contribution in [2.24, 2.45) is 5.92 Å². The van der Waals surface area contributed by atoms with Crippen LogP contribution in [0.25, 0.3) is 11.1 Å². The fraction of sp³-hybridized carbons (Fsp3) is 0.391. The Morgan fingerprint density at radius 3 is 2.83 bits per heavy atom. The highest BCUT2D eigenvalue weighted by molar-refractivity contribution is 5.77. The maximum atomic E-state index is 12.4. The number of carbonyl (C=O) groups is 1. The lowest BCUT2D eigenvalue weighted by Crippen LogP contribution is -2.38. The van der Waals surface area contributed by atoms with Crippen molar-refractivity contribution in [1.29, 1.82) is 0 Å². The number of hydrogen-bond acceptors (Lipinski definition) is 6. The number of aliphatic hydroxyl groups excluding tert-OH is 1. The number of anilines is 1. The molecule has 0 aliphatic carbocycles. The minimum Gasteiger partial charge on any atom is -0.497 e. The van der Waals surface area contributed by atoms with Crippen LogP contribution in [0.15, 0.2) is 46.9 Å². The molecule has 1 unspecified atom stereocenters. The van der Waals surface area contributed by atoms with Crippen LogP contribution in [0.3, 0.4) is 0 Å². The van der Waals surface area contributed by atoms with Crippen LogP contribution >= 0.6 is 0 Å². The predicted octanol–water partition coefficient (Wildman–Crippen LogP) is 3.25. The van der Waals surface area contributed by atoms with Crippen LogP contribution in [0.4, 0.5) is 6.01 Å². The number of carbonyl (C=O) groups excluding carboxylic acids is 1. The molecule has 158 valence electrons. The molecule has 0 spiro atoms. The standard InChI is InChI=1S/C23H27N3O4/c1-29-19-8-9-21-20(12-19)25-23(30-21)26-10-2-3-18(14-26)11-22(28)24-13-16-4-6-17(15-27)7-5-16/h4-9,12,18,27H,2-3,10-11,13-15H2,1H3,(H,24,28). The first-order valence-corrected chi connectivity index (χ1v) is 10.3. The Bertz CT molecular complexity index is 999. The molecule has 0 saturated carbocycles. The molecule has 1 aromatic heterocycles. The quantitative estimate of drug-likeness (QED) is 0.623. The van der Waals surface area contributed by atoms with E-state index in [4.69, 9.17) is 14.3 Å². The van der Waals surface area contributed by atoms with Gasteiger partial charge in [0.15, 0.2) is 5.58 Å². The van der Waals surface area contributed by atoms with E-state index < -0.39 is 0 Å². The van der Waals surface area contributed by atoms with Gasteiger partial charge in [0.1, 0.15) is 11.3 Å². The third-order valence-corrected chi connectivity index (χ3v) is 5.54. The summed E-state index contributed by atoms with van der Waals surface area (Å²) in [6.07, 6.45) is 2.51. The third-order valence-electron chi connectivity index (χ3n) is 5.54. The van der Waals surface area contributed by atoms with E-state index in [1.165, 1.54) is 0 Å². The largest absolute Gasteiger partial charge is 0.497 e. The van der Waals surface area contributed by atoms with Gasteiger partial charge in [0.25, 0.3) is 6.01 Å². The number of hydrogen-bond donors (Lipinski definition) is 2. The SMILES string of the molecule is COc1ccc2oc(N3CCCC(CC(=O)NCc4ccc(CO)cc4)C3)nc2c1. The number of oxazole rings is 1. The van der Waals surface area contributed by atoms with Gasteiger partial charge in [-0.2, -0.15) is 4.98 Å². The molecule has 0 bridgehead atoms. The molecular weight excluding hydrogens is 382 g/mol. The minimum absolute atomic E-state index is 0.0262. The van der Waals surface area contributed by atoms with E-state index in [1.54, 1.807) is 7.11 Å². The third kappa shape index (κ3) is 4.74. The maximum absolute atomic E-state index is 12.4. The fourth-order valence-electron chi connectivity index (χ4n) is 3.86. The summed E-state index contributed by atoms with van der Waals surface area (Å²) in [5.41, 5.74) is 3.40. The molecule has 2 aromatic carbocycles. The van der Waals surface area contributed by atoms with Crippen LogP contribution in [0, 0.1) is 5.92 Å². The van der Waals surface area contributed by atoms with Gasteiger partial charge in [0.05, 0.1) is 13.7 Å². The average Bonchev–Trinajstić information content (AvgIpc) is 3.21. The van der Waals surface area contributed by atoms with Gasteiger partial charge in [-0.15, -0.1) is 0 Å². The first-order valence-electron chi connectivity index (χ1n) is 10.3. The van der Waals surface area contributed by atoms with Crippen molar-refractivity contribution in [3.63, 3.8) is 0 Å². The fourth-order valence-corrected chi connectivity index (χ4v) is 3.86. The molecule has 0 radical (unpaired) electrons. The highest BCUT2D eigenvalue weighted by Gasteiger charge is 2.25. The Labute approximate surface area is 175 Å². The molecule has 3 aromatic rings. The van der Waals surface area contributed by atoms with Crippen LogP contribution in [0.5, 0.6) is 5.75 Å². The molecular formula is C23H27N3O4. The highest BCUT2D eigenvalue weighted by atomic mass is 16.5. The molecule has 7 heteroatoms. The zero-order chi connectivity index (χ0) is 20.9. The van der Waals surface area contributed by atoms with Gasteiger partial charge in [-0.25, -0.2) is 0 Å². The lowest BCUT2D eigenvalue weighted by Gasteiger charge is -2.31. The molecule has 1 amide bonds. The second-order valence-electron chi connectivity index (χ2n) is 7.74. The number of nitrogens with one attached hydrogen (secondary N) is 1. The Hall–Kier alpha value is -3.06. The number of amides is 1. The Balaban J connectivity index is 1.32. The van der Waals surface area contributed by atoms with Crippen LogP contribution < -0.4 is 15.0 Å². The van der Waals surface area contributed by atoms with Crippen LogP contribution in [-0.4, -0.2) is 36.2 Å². The number of benzene rings is 2. The van der Waals surface area contributed by atoms with Crippen molar-refractivity contribution in [3.8, 4) is 5.75 Å². The van der Waals surface area contributed by atoms with E-state index in [9.17, 15) is 4.79 Å². The summed E-state index contributed by atoms with van der Waals surface area (Å²) < 4.78 is 11.2. The predicted molar refractivity (Wildman–Crippen MR) is 114 cm³/mol. The molecule has 4 rings (SSSR count). The number of rotatable bonds is 7. The second kappa shape index (κ2) is 9.17. The zero-order valence-electron chi connectivity index (χ0n) is 17.1. The van der Waals surface area contributed by atoms with Gasteiger partial charge in [0, 0.05) is 32.1 Å². The first kappa shape index (κ1) is 20.2. The summed E-state index contributed by atoms with van der Waals surface area (Å²) >= 11 is 0. The molecule has 2 N–H and O–H groups in total. The Morgan fingerprint density at radius 1 is 1.27 bits per heavy atom. The number of nitrogens with zero attached hydrogens (tertiary/aromatic N) is 2. The maximum Gasteiger partial charge on any atom is 0.298 e. The minimum atomic E-state index is 0.0262. The molecule has 1 aliphatic rings. The van der Waals surface area contributed by atoms with Gasteiger partial charge in [-0.05, 0) is 42.0 Å². The van der Waals surface area contributed by atoms with Crippen molar-refractivity contribution in [3.05, 3.63) is 53.6 Å². The van der Waals surface area contributed by atoms with Gasteiger partial charge < -0.3 is 24.5 Å². The lowest BCUT2D eigenvalue weighted by atomic mass is 9.94. The summed E-state index contributed by atoms with van der Waals surface area (Å²) in [4.78, 5) is 19.2. The summed E-state index contributed by atoms with van der Waals surface area (Å²) in [7, 11) is 1.63. The van der Waals surface area contributed by atoms with E-state index in [2.05, 4.69) is 15.2 Å². The van der Waals surface area contributed by atoms with Crippen LogP contribution in [0.2, 0.25) is 0 Å². The van der Waals surface area contributed by atoms with E-state index in [-0.39, 0.29) is 18.4 Å². The molecule has 1 aliphatic heterocycles. The van der Waals surface area contributed by atoms with E-state index >= 15 is 0 Å². The first-order chi connectivity index (χ1) is 14.6. The second-order valence-corrected chi connectivity index (χ2v) is 7.74. The number of aromatic nitrogens is 1. The van der Waals surface area contributed by atoms with E-state index in [1.807, 2.05) is 42.5 Å². The molecule has 30 heavy (non-hydrogen) atoms. The summed E-state index contributed by atoms with van der Waals surface area (Å²) in [5, 5.41) is 12.1.